The molecule has 1 unspecified atom stereocenters. The Labute approximate surface area is 125 Å². The number of halogens is 2. The van der Waals surface area contributed by atoms with Gasteiger partial charge < -0.3 is 5.32 Å². The SMILES string of the molecule is CNC(Cc1ccc(F)cc1F)c1ccc(C(C)C)cc1. The summed E-state index contributed by atoms with van der Waals surface area (Å²) in [5.74, 6) is -0.547. The van der Waals surface area contributed by atoms with Gasteiger partial charge in [0, 0.05) is 12.1 Å². The fourth-order valence-corrected chi connectivity index (χ4v) is 2.41. The van der Waals surface area contributed by atoms with E-state index in [2.05, 4.69) is 43.4 Å². The number of hydrogen-bond acceptors (Lipinski definition) is 1. The molecule has 0 saturated heterocycles. The van der Waals surface area contributed by atoms with E-state index in [-0.39, 0.29) is 6.04 Å². The van der Waals surface area contributed by atoms with Crippen molar-refractivity contribution in [3.8, 4) is 0 Å². The van der Waals surface area contributed by atoms with Crippen LogP contribution in [0.15, 0.2) is 42.5 Å². The molecule has 0 aliphatic rings. The Hall–Kier alpha value is -1.74. The van der Waals surface area contributed by atoms with Crippen LogP contribution in [0, 0.1) is 11.6 Å². The molecule has 0 amide bonds. The van der Waals surface area contributed by atoms with Gasteiger partial charge in [0.25, 0.3) is 0 Å². The highest BCUT2D eigenvalue weighted by Crippen LogP contribution is 2.23. The van der Waals surface area contributed by atoms with E-state index in [0.29, 0.717) is 17.9 Å². The van der Waals surface area contributed by atoms with Crippen molar-refractivity contribution in [2.24, 2.45) is 0 Å². The second-order valence-corrected chi connectivity index (χ2v) is 5.60. The topological polar surface area (TPSA) is 12.0 Å². The average molecular weight is 289 g/mol. The molecule has 2 aromatic rings. The van der Waals surface area contributed by atoms with Gasteiger partial charge in [-0.15, -0.1) is 0 Å². The lowest BCUT2D eigenvalue weighted by atomic mass is 9.95. The summed E-state index contributed by atoms with van der Waals surface area (Å²) in [6, 6.07) is 12.1. The van der Waals surface area contributed by atoms with Gasteiger partial charge in [0.15, 0.2) is 0 Å². The maximum Gasteiger partial charge on any atom is 0.129 e. The molecule has 112 valence electrons. The molecule has 2 aromatic carbocycles. The first kappa shape index (κ1) is 15.6. The molecule has 2 rings (SSSR count). The van der Waals surface area contributed by atoms with Crippen molar-refractivity contribution in [3.05, 3.63) is 70.8 Å². The van der Waals surface area contributed by atoms with E-state index in [4.69, 9.17) is 0 Å². The van der Waals surface area contributed by atoms with Gasteiger partial charge >= 0.3 is 0 Å². The Morgan fingerprint density at radius 2 is 1.57 bits per heavy atom. The molecule has 21 heavy (non-hydrogen) atoms. The van der Waals surface area contributed by atoms with Crippen LogP contribution >= 0.6 is 0 Å². The zero-order valence-corrected chi connectivity index (χ0v) is 12.7. The van der Waals surface area contributed by atoms with E-state index in [9.17, 15) is 8.78 Å². The van der Waals surface area contributed by atoms with Gasteiger partial charge in [0.05, 0.1) is 0 Å². The summed E-state index contributed by atoms with van der Waals surface area (Å²) in [5.41, 5.74) is 2.90. The van der Waals surface area contributed by atoms with Gasteiger partial charge in [-0.25, -0.2) is 8.78 Å². The molecule has 0 bridgehead atoms. The Kier molecular flexibility index (Phi) is 5.07. The minimum absolute atomic E-state index is 0.00572. The predicted molar refractivity (Wildman–Crippen MR) is 82.4 cm³/mol. The summed E-state index contributed by atoms with van der Waals surface area (Å²) in [7, 11) is 1.85. The Bertz CT molecular complexity index is 591. The Morgan fingerprint density at radius 3 is 2.10 bits per heavy atom. The van der Waals surface area contributed by atoms with Crippen molar-refractivity contribution in [2.75, 3.05) is 7.05 Å². The van der Waals surface area contributed by atoms with Crippen LogP contribution in [0.25, 0.3) is 0 Å². The van der Waals surface area contributed by atoms with Crippen molar-refractivity contribution in [1.82, 2.24) is 5.32 Å². The third-order valence-electron chi connectivity index (χ3n) is 3.79. The standard InChI is InChI=1S/C18H21F2N/c1-12(2)13-4-6-14(7-5-13)18(21-3)10-15-8-9-16(19)11-17(15)20/h4-9,11-12,18,21H,10H2,1-3H3. The van der Waals surface area contributed by atoms with Crippen LogP contribution in [0.4, 0.5) is 8.78 Å². The van der Waals surface area contributed by atoms with E-state index in [0.717, 1.165) is 11.6 Å². The van der Waals surface area contributed by atoms with Gasteiger partial charge in [-0.05, 0) is 42.1 Å². The lowest BCUT2D eigenvalue weighted by Crippen LogP contribution is -2.19. The molecule has 0 aliphatic heterocycles. The quantitative estimate of drug-likeness (QED) is 0.848. The highest BCUT2D eigenvalue weighted by Gasteiger charge is 2.13. The Balaban J connectivity index is 2.19. The van der Waals surface area contributed by atoms with Crippen molar-refractivity contribution < 1.29 is 8.78 Å². The van der Waals surface area contributed by atoms with E-state index in [1.807, 2.05) is 7.05 Å². The number of likely N-dealkylation sites (N-methyl/N-ethyl adjacent to an activating group) is 1. The van der Waals surface area contributed by atoms with E-state index in [1.165, 1.54) is 17.7 Å². The zero-order valence-electron chi connectivity index (χ0n) is 12.7. The molecular formula is C18H21F2N. The first-order chi connectivity index (χ1) is 10.0. The smallest absolute Gasteiger partial charge is 0.129 e. The number of rotatable bonds is 5. The fourth-order valence-electron chi connectivity index (χ4n) is 2.41. The summed E-state index contributed by atoms with van der Waals surface area (Å²) >= 11 is 0. The molecular weight excluding hydrogens is 268 g/mol. The predicted octanol–water partition coefficient (Wildman–Crippen LogP) is 4.59. The lowest BCUT2D eigenvalue weighted by molar-refractivity contribution is 0.540. The van der Waals surface area contributed by atoms with Crippen LogP contribution in [0.3, 0.4) is 0 Å². The van der Waals surface area contributed by atoms with Crippen LogP contribution in [0.5, 0.6) is 0 Å². The average Bonchev–Trinajstić information content (AvgIpc) is 2.47. The monoisotopic (exact) mass is 289 g/mol. The van der Waals surface area contributed by atoms with Gasteiger partial charge in [0.1, 0.15) is 11.6 Å². The molecule has 0 radical (unpaired) electrons. The molecule has 1 N–H and O–H groups in total. The zero-order chi connectivity index (χ0) is 15.4. The summed E-state index contributed by atoms with van der Waals surface area (Å²) in [5, 5.41) is 3.20. The fraction of sp³-hybridized carbons (Fsp3) is 0.333. The van der Waals surface area contributed by atoms with E-state index < -0.39 is 11.6 Å². The third-order valence-corrected chi connectivity index (χ3v) is 3.79. The van der Waals surface area contributed by atoms with Crippen LogP contribution in [-0.4, -0.2) is 7.05 Å². The van der Waals surface area contributed by atoms with Gasteiger partial charge in [-0.1, -0.05) is 44.2 Å². The first-order valence-electron chi connectivity index (χ1n) is 7.22. The Morgan fingerprint density at radius 1 is 0.952 bits per heavy atom. The van der Waals surface area contributed by atoms with E-state index in [1.54, 1.807) is 0 Å². The van der Waals surface area contributed by atoms with Crippen LogP contribution in [-0.2, 0) is 6.42 Å². The molecule has 0 aromatic heterocycles. The highest BCUT2D eigenvalue weighted by atomic mass is 19.1. The van der Waals surface area contributed by atoms with Crippen molar-refractivity contribution in [2.45, 2.75) is 32.2 Å². The van der Waals surface area contributed by atoms with Gasteiger partial charge in [-0.2, -0.15) is 0 Å². The molecule has 0 spiro atoms. The first-order valence-corrected chi connectivity index (χ1v) is 7.22. The molecule has 3 heteroatoms. The molecule has 0 fully saturated rings. The minimum atomic E-state index is -0.543. The van der Waals surface area contributed by atoms with Crippen molar-refractivity contribution in [1.29, 1.82) is 0 Å². The normalized spacial score (nSPS) is 12.7. The largest absolute Gasteiger partial charge is 0.313 e. The molecule has 0 aliphatic carbocycles. The van der Waals surface area contributed by atoms with Crippen molar-refractivity contribution in [3.63, 3.8) is 0 Å². The summed E-state index contributed by atoms with van der Waals surface area (Å²) in [6.07, 6.45) is 0.490. The summed E-state index contributed by atoms with van der Waals surface area (Å²) < 4.78 is 26.7. The van der Waals surface area contributed by atoms with E-state index >= 15 is 0 Å². The highest BCUT2D eigenvalue weighted by molar-refractivity contribution is 5.29. The van der Waals surface area contributed by atoms with Crippen LogP contribution in [0.1, 0.15) is 42.5 Å². The van der Waals surface area contributed by atoms with Crippen LogP contribution in [0.2, 0.25) is 0 Å². The van der Waals surface area contributed by atoms with Gasteiger partial charge in [0.2, 0.25) is 0 Å². The molecule has 0 saturated carbocycles. The number of hydrogen-bond donors (Lipinski definition) is 1. The second kappa shape index (κ2) is 6.81. The maximum absolute atomic E-state index is 13.8. The lowest BCUT2D eigenvalue weighted by Gasteiger charge is -2.18. The molecule has 0 heterocycles. The third kappa shape index (κ3) is 3.88. The molecule has 1 nitrogen and oxygen atoms in total. The number of nitrogens with one attached hydrogen (secondary N) is 1. The molecule has 1 atom stereocenters. The number of benzene rings is 2. The van der Waals surface area contributed by atoms with Crippen LogP contribution < -0.4 is 5.32 Å². The van der Waals surface area contributed by atoms with Gasteiger partial charge in [-0.3, -0.25) is 0 Å². The maximum atomic E-state index is 13.8. The summed E-state index contributed by atoms with van der Waals surface area (Å²) in [6.45, 7) is 4.30. The summed E-state index contributed by atoms with van der Waals surface area (Å²) in [4.78, 5) is 0. The van der Waals surface area contributed by atoms with Crippen molar-refractivity contribution >= 4 is 0 Å². The minimum Gasteiger partial charge on any atom is -0.313 e. The second-order valence-electron chi connectivity index (χ2n) is 5.60.